The molecule has 0 saturated carbocycles. The predicted octanol–water partition coefficient (Wildman–Crippen LogP) is 3.73. The first-order valence-electron chi connectivity index (χ1n) is 9.57. The second-order valence-corrected chi connectivity index (χ2v) is 7.59. The molecule has 0 saturated heterocycles. The number of aryl methyl sites for hydroxylation is 1. The van der Waals surface area contributed by atoms with Crippen LogP contribution in [0, 0.1) is 10.1 Å². The van der Waals surface area contributed by atoms with Crippen LogP contribution >= 0.6 is 15.9 Å². The minimum Gasteiger partial charge on any atom is -0.494 e. The van der Waals surface area contributed by atoms with Crippen molar-refractivity contribution in [2.24, 2.45) is 7.05 Å². The molecule has 33 heavy (non-hydrogen) atoms. The van der Waals surface area contributed by atoms with E-state index in [2.05, 4.69) is 26.1 Å². The summed E-state index contributed by atoms with van der Waals surface area (Å²) in [5, 5.41) is 19.1. The third-order valence-electron chi connectivity index (χ3n) is 4.36. The fourth-order valence-corrected chi connectivity index (χ4v) is 3.73. The summed E-state index contributed by atoms with van der Waals surface area (Å²) in [6.07, 6.45) is 1.67. The molecule has 12 heteroatoms. The van der Waals surface area contributed by atoms with Gasteiger partial charge in [0.1, 0.15) is 5.69 Å². The Labute approximate surface area is 199 Å². The number of rotatable bonds is 8. The number of anilines is 1. The smallest absolute Gasteiger partial charge is 0.312 e. The number of nitro benzene ring substituents is 1. The fourth-order valence-electron chi connectivity index (χ4n) is 3.07. The number of nitrogens with two attached hydrogens (primary N) is 1. The second kappa shape index (κ2) is 12.1. The van der Waals surface area contributed by atoms with Crippen LogP contribution in [-0.4, -0.2) is 48.4 Å². The van der Waals surface area contributed by atoms with Crippen molar-refractivity contribution in [1.29, 1.82) is 0 Å². The van der Waals surface area contributed by atoms with Crippen LogP contribution in [0.3, 0.4) is 0 Å². The van der Waals surface area contributed by atoms with Gasteiger partial charge in [0.25, 0.3) is 0 Å². The summed E-state index contributed by atoms with van der Waals surface area (Å²) in [7, 11) is 7.91. The highest BCUT2D eigenvalue weighted by Gasteiger charge is 2.19. The molecular formula is C21H26BrN5O6. The fraction of sp³-hybridized carbons (Fsp3) is 0.333. The molecule has 0 aliphatic heterocycles. The molecule has 0 fully saturated rings. The SMILES string of the molecule is COCc1cc(Br)c(OC)c([N+](=O)[O-])c1.COCc1cc(N)c(OC)c(-c2cnn(C)n2)c1. The number of methoxy groups -OCH3 is 4. The van der Waals surface area contributed by atoms with Gasteiger partial charge in [-0.25, -0.2) is 0 Å². The van der Waals surface area contributed by atoms with Crippen LogP contribution in [0.4, 0.5) is 11.4 Å². The Kier molecular flexibility index (Phi) is 9.57. The highest BCUT2D eigenvalue weighted by molar-refractivity contribution is 9.10. The lowest BCUT2D eigenvalue weighted by molar-refractivity contribution is -0.385. The molecule has 2 aromatic carbocycles. The summed E-state index contributed by atoms with van der Waals surface area (Å²) in [5.41, 5.74) is 9.69. The first kappa shape index (κ1) is 26.0. The average molecular weight is 524 g/mol. The summed E-state index contributed by atoms with van der Waals surface area (Å²) < 4.78 is 20.8. The number of hydrogen-bond acceptors (Lipinski definition) is 9. The normalized spacial score (nSPS) is 10.4. The molecule has 11 nitrogen and oxygen atoms in total. The number of hydrogen-bond donors (Lipinski definition) is 1. The van der Waals surface area contributed by atoms with Crippen LogP contribution in [0.5, 0.6) is 11.5 Å². The minimum absolute atomic E-state index is 0.0704. The molecule has 1 heterocycles. The first-order chi connectivity index (χ1) is 15.7. The molecule has 0 amide bonds. The highest BCUT2D eigenvalue weighted by atomic mass is 79.9. The molecule has 0 atom stereocenters. The number of halogens is 1. The number of nitrogen functional groups attached to an aromatic ring is 1. The zero-order valence-electron chi connectivity index (χ0n) is 19.0. The van der Waals surface area contributed by atoms with E-state index < -0.39 is 4.92 Å². The van der Waals surface area contributed by atoms with Gasteiger partial charge in [0.2, 0.25) is 5.75 Å². The van der Waals surface area contributed by atoms with E-state index in [9.17, 15) is 10.1 Å². The van der Waals surface area contributed by atoms with E-state index in [-0.39, 0.29) is 11.4 Å². The summed E-state index contributed by atoms with van der Waals surface area (Å²) in [4.78, 5) is 11.8. The van der Waals surface area contributed by atoms with E-state index in [1.54, 1.807) is 33.5 Å². The van der Waals surface area contributed by atoms with Gasteiger partial charge >= 0.3 is 5.69 Å². The van der Waals surface area contributed by atoms with E-state index in [4.69, 9.17) is 24.7 Å². The second-order valence-electron chi connectivity index (χ2n) is 6.74. The van der Waals surface area contributed by atoms with Crippen molar-refractivity contribution >= 4 is 27.3 Å². The lowest BCUT2D eigenvalue weighted by Gasteiger charge is -2.11. The number of nitro groups is 1. The Balaban J connectivity index is 0.000000238. The van der Waals surface area contributed by atoms with Crippen LogP contribution in [-0.2, 0) is 29.7 Å². The van der Waals surface area contributed by atoms with Crippen LogP contribution in [0.15, 0.2) is 34.9 Å². The molecule has 2 N–H and O–H groups in total. The Hall–Kier alpha value is -3.22. The van der Waals surface area contributed by atoms with Gasteiger partial charge in [-0.3, -0.25) is 10.1 Å². The van der Waals surface area contributed by atoms with Gasteiger partial charge < -0.3 is 24.7 Å². The first-order valence-corrected chi connectivity index (χ1v) is 10.4. The number of aromatic nitrogens is 3. The van der Waals surface area contributed by atoms with E-state index in [1.807, 2.05) is 12.1 Å². The maximum absolute atomic E-state index is 10.8. The molecule has 0 spiro atoms. The van der Waals surface area contributed by atoms with Crippen molar-refractivity contribution in [3.63, 3.8) is 0 Å². The molecule has 0 radical (unpaired) electrons. The van der Waals surface area contributed by atoms with Crippen molar-refractivity contribution in [3.8, 4) is 22.8 Å². The van der Waals surface area contributed by atoms with E-state index in [0.29, 0.717) is 29.1 Å². The van der Waals surface area contributed by atoms with Gasteiger partial charge in [0, 0.05) is 32.9 Å². The number of nitrogens with zero attached hydrogens (tertiary/aromatic N) is 4. The molecular weight excluding hydrogens is 498 g/mol. The Bertz CT molecular complexity index is 1100. The van der Waals surface area contributed by atoms with Crippen molar-refractivity contribution in [2.75, 3.05) is 34.2 Å². The van der Waals surface area contributed by atoms with Crippen LogP contribution in [0.1, 0.15) is 11.1 Å². The van der Waals surface area contributed by atoms with Gasteiger partial charge in [-0.05, 0) is 45.3 Å². The van der Waals surface area contributed by atoms with Crippen molar-refractivity contribution < 1.29 is 23.9 Å². The zero-order valence-corrected chi connectivity index (χ0v) is 20.6. The number of benzene rings is 2. The van der Waals surface area contributed by atoms with Crippen LogP contribution in [0.2, 0.25) is 0 Å². The summed E-state index contributed by atoms with van der Waals surface area (Å²) in [6, 6.07) is 6.95. The quantitative estimate of drug-likeness (QED) is 0.265. The molecule has 3 aromatic rings. The molecule has 3 rings (SSSR count). The molecule has 0 aliphatic rings. The Morgan fingerprint density at radius 3 is 2.12 bits per heavy atom. The van der Waals surface area contributed by atoms with Crippen molar-refractivity contribution in [2.45, 2.75) is 13.2 Å². The van der Waals surface area contributed by atoms with Crippen molar-refractivity contribution in [3.05, 3.63) is 56.2 Å². The van der Waals surface area contributed by atoms with E-state index in [1.165, 1.54) is 25.1 Å². The lowest BCUT2D eigenvalue weighted by Crippen LogP contribution is -1.99. The average Bonchev–Trinajstić information content (AvgIpc) is 3.20. The number of ether oxygens (including phenoxy) is 4. The molecule has 0 aliphatic carbocycles. The monoisotopic (exact) mass is 523 g/mol. The molecule has 1 aromatic heterocycles. The third-order valence-corrected chi connectivity index (χ3v) is 4.95. The Morgan fingerprint density at radius 2 is 1.64 bits per heavy atom. The third kappa shape index (κ3) is 6.63. The maximum atomic E-state index is 10.8. The minimum atomic E-state index is -0.483. The van der Waals surface area contributed by atoms with Crippen LogP contribution < -0.4 is 15.2 Å². The van der Waals surface area contributed by atoms with Gasteiger partial charge in [0.05, 0.1) is 48.7 Å². The predicted molar refractivity (Wildman–Crippen MR) is 126 cm³/mol. The topological polar surface area (TPSA) is 137 Å². The van der Waals surface area contributed by atoms with Crippen LogP contribution in [0.25, 0.3) is 11.3 Å². The zero-order chi connectivity index (χ0) is 24.5. The molecule has 178 valence electrons. The summed E-state index contributed by atoms with van der Waals surface area (Å²) in [5.74, 6) is 0.829. The maximum Gasteiger partial charge on any atom is 0.312 e. The highest BCUT2D eigenvalue weighted by Crippen LogP contribution is 2.36. The lowest BCUT2D eigenvalue weighted by atomic mass is 10.1. The van der Waals surface area contributed by atoms with E-state index in [0.717, 1.165) is 22.4 Å². The van der Waals surface area contributed by atoms with Gasteiger partial charge in [-0.2, -0.15) is 15.0 Å². The molecule has 0 unspecified atom stereocenters. The van der Waals surface area contributed by atoms with Gasteiger partial charge in [0.15, 0.2) is 5.75 Å². The summed E-state index contributed by atoms with van der Waals surface area (Å²) >= 11 is 3.21. The standard InChI is InChI=1S/C12H16N4O2.C9H10BrNO4/c1-16-14-6-11(15-16)9-4-8(7-17-2)5-10(13)12(9)18-3;1-14-5-6-3-7(10)9(15-2)8(4-6)11(12)13/h4-6H,7,13H2,1-3H3;3-4H,5H2,1-2H3. The Morgan fingerprint density at radius 1 is 1.03 bits per heavy atom. The van der Waals surface area contributed by atoms with Crippen molar-refractivity contribution in [1.82, 2.24) is 15.0 Å². The van der Waals surface area contributed by atoms with E-state index >= 15 is 0 Å². The largest absolute Gasteiger partial charge is 0.494 e. The van der Waals surface area contributed by atoms with Gasteiger partial charge in [-0.15, -0.1) is 0 Å². The summed E-state index contributed by atoms with van der Waals surface area (Å²) in [6.45, 7) is 0.810. The van der Waals surface area contributed by atoms with Gasteiger partial charge in [-0.1, -0.05) is 0 Å². The molecule has 0 bridgehead atoms.